The molecule has 0 heterocycles. The smallest absolute Gasteiger partial charge is 0.307 e. The second-order valence-electron chi connectivity index (χ2n) is 5.87. The molecule has 2 aliphatic carbocycles. The number of nitrogens with zero attached hydrogens (tertiary/aromatic N) is 2. The maximum absolute atomic E-state index is 12.7. The molecule has 2 unspecified atom stereocenters. The van der Waals surface area contributed by atoms with Crippen LogP contribution in [-0.4, -0.2) is 34.5 Å². The van der Waals surface area contributed by atoms with E-state index in [9.17, 15) is 14.7 Å². The van der Waals surface area contributed by atoms with Crippen molar-refractivity contribution < 1.29 is 14.7 Å². The lowest BCUT2D eigenvalue weighted by Gasteiger charge is -2.33. The lowest BCUT2D eigenvalue weighted by Crippen LogP contribution is -2.46. The van der Waals surface area contributed by atoms with Gasteiger partial charge >= 0.3 is 5.97 Å². The van der Waals surface area contributed by atoms with Gasteiger partial charge in [-0.15, -0.1) is 0 Å². The first kappa shape index (κ1) is 14.6. The van der Waals surface area contributed by atoms with Gasteiger partial charge in [-0.3, -0.25) is 9.59 Å². The molecular formula is C15H20N2O3. The molecule has 0 spiro atoms. The molecule has 0 aromatic carbocycles. The van der Waals surface area contributed by atoms with Gasteiger partial charge in [-0.2, -0.15) is 5.26 Å². The van der Waals surface area contributed by atoms with Crippen LogP contribution in [0.2, 0.25) is 0 Å². The average Bonchev–Trinajstić information content (AvgIpc) is 2.98. The lowest BCUT2D eigenvalue weighted by atomic mass is 9.82. The summed E-state index contributed by atoms with van der Waals surface area (Å²) in [5.74, 6) is -2.05. The van der Waals surface area contributed by atoms with Gasteiger partial charge in [-0.25, -0.2) is 0 Å². The summed E-state index contributed by atoms with van der Waals surface area (Å²) in [4.78, 5) is 25.8. The van der Waals surface area contributed by atoms with Crippen molar-refractivity contribution >= 4 is 11.9 Å². The van der Waals surface area contributed by atoms with Crippen LogP contribution in [0.5, 0.6) is 0 Å². The highest BCUT2D eigenvalue weighted by Crippen LogP contribution is 2.48. The van der Waals surface area contributed by atoms with Crippen molar-refractivity contribution in [3.8, 4) is 6.07 Å². The highest BCUT2D eigenvalue weighted by Gasteiger charge is 2.52. The van der Waals surface area contributed by atoms with Crippen molar-refractivity contribution in [2.24, 2.45) is 23.7 Å². The zero-order valence-electron chi connectivity index (χ0n) is 11.8. The average molecular weight is 276 g/mol. The number of aliphatic carboxylic acids is 1. The Morgan fingerprint density at radius 2 is 1.95 bits per heavy atom. The van der Waals surface area contributed by atoms with Crippen molar-refractivity contribution in [1.29, 1.82) is 5.26 Å². The van der Waals surface area contributed by atoms with E-state index in [-0.39, 0.29) is 30.2 Å². The number of carboxylic acid groups (broad SMARTS) is 1. The second-order valence-corrected chi connectivity index (χ2v) is 5.87. The van der Waals surface area contributed by atoms with E-state index < -0.39 is 17.8 Å². The first-order chi connectivity index (χ1) is 9.47. The molecule has 20 heavy (non-hydrogen) atoms. The largest absolute Gasteiger partial charge is 0.481 e. The summed E-state index contributed by atoms with van der Waals surface area (Å²) >= 11 is 0. The Bertz CT molecular complexity index is 478. The van der Waals surface area contributed by atoms with Crippen LogP contribution in [0.4, 0.5) is 0 Å². The zero-order valence-corrected chi connectivity index (χ0v) is 11.8. The fourth-order valence-electron chi connectivity index (χ4n) is 3.48. The molecule has 0 aromatic heterocycles. The molecular weight excluding hydrogens is 256 g/mol. The number of allylic oxidation sites excluding steroid dienone is 2. The van der Waals surface area contributed by atoms with Crippen molar-refractivity contribution in [1.82, 2.24) is 4.90 Å². The number of nitriles is 1. The number of carbonyl (C=O) groups excluding carboxylic acids is 1. The molecule has 1 fully saturated rings. The molecule has 108 valence electrons. The minimum Gasteiger partial charge on any atom is -0.481 e. The van der Waals surface area contributed by atoms with Crippen molar-refractivity contribution in [2.75, 3.05) is 6.54 Å². The maximum Gasteiger partial charge on any atom is 0.307 e. The molecule has 5 heteroatoms. The highest BCUT2D eigenvalue weighted by atomic mass is 16.4. The van der Waals surface area contributed by atoms with Gasteiger partial charge in [-0.05, 0) is 32.1 Å². The summed E-state index contributed by atoms with van der Waals surface area (Å²) in [5.41, 5.74) is 0. The molecule has 1 saturated carbocycles. The van der Waals surface area contributed by atoms with E-state index in [4.69, 9.17) is 5.26 Å². The van der Waals surface area contributed by atoms with Gasteiger partial charge in [0.25, 0.3) is 0 Å². The van der Waals surface area contributed by atoms with Crippen LogP contribution < -0.4 is 0 Å². The van der Waals surface area contributed by atoms with Gasteiger partial charge in [0.05, 0.1) is 24.3 Å². The van der Waals surface area contributed by atoms with E-state index in [0.29, 0.717) is 6.54 Å². The van der Waals surface area contributed by atoms with Crippen LogP contribution in [0.3, 0.4) is 0 Å². The van der Waals surface area contributed by atoms with E-state index in [1.807, 2.05) is 32.1 Å². The van der Waals surface area contributed by atoms with E-state index >= 15 is 0 Å². The zero-order chi connectivity index (χ0) is 14.9. The van der Waals surface area contributed by atoms with E-state index in [2.05, 4.69) is 0 Å². The van der Waals surface area contributed by atoms with Crippen LogP contribution in [-0.2, 0) is 9.59 Å². The predicted molar refractivity (Wildman–Crippen MR) is 72.4 cm³/mol. The Morgan fingerprint density at radius 1 is 1.35 bits per heavy atom. The van der Waals surface area contributed by atoms with Crippen LogP contribution >= 0.6 is 0 Å². The fourth-order valence-corrected chi connectivity index (χ4v) is 3.48. The highest BCUT2D eigenvalue weighted by molar-refractivity contribution is 5.87. The first-order valence-corrected chi connectivity index (χ1v) is 7.06. The van der Waals surface area contributed by atoms with Crippen molar-refractivity contribution in [3.05, 3.63) is 12.2 Å². The van der Waals surface area contributed by atoms with Gasteiger partial charge in [0.2, 0.25) is 5.91 Å². The first-order valence-electron chi connectivity index (χ1n) is 7.06. The molecule has 2 bridgehead atoms. The number of amides is 1. The Morgan fingerprint density at radius 3 is 2.45 bits per heavy atom. The van der Waals surface area contributed by atoms with E-state index in [1.54, 1.807) is 4.90 Å². The number of fused-ring (bicyclic) bond motifs is 2. The van der Waals surface area contributed by atoms with Crippen LogP contribution in [0.25, 0.3) is 0 Å². The Kier molecular flexibility index (Phi) is 4.12. The Hall–Kier alpha value is -1.83. The molecule has 1 N–H and O–H groups in total. The fraction of sp³-hybridized carbons (Fsp3) is 0.667. The molecule has 4 atom stereocenters. The monoisotopic (exact) mass is 276 g/mol. The van der Waals surface area contributed by atoms with E-state index in [1.165, 1.54) is 0 Å². The third kappa shape index (κ3) is 2.43. The maximum atomic E-state index is 12.7. The summed E-state index contributed by atoms with van der Waals surface area (Å²) in [6.45, 7) is 4.17. The molecule has 0 radical (unpaired) electrons. The third-order valence-corrected chi connectivity index (χ3v) is 4.40. The van der Waals surface area contributed by atoms with Crippen molar-refractivity contribution in [3.63, 3.8) is 0 Å². The molecule has 2 rings (SSSR count). The standard InChI is InChI=1S/C15H20N2O3/c1-9(2)17(7-3-6-16)14(18)12-10-4-5-11(8-10)13(12)15(19)20/h4-5,9-13H,3,7-8H2,1-2H3,(H,19,20)/t10?,11?,12-,13+/m0/s1. The van der Waals surface area contributed by atoms with Crippen LogP contribution in [0.15, 0.2) is 12.2 Å². The SMILES string of the molecule is CC(C)N(CCC#N)C(=O)[C@H]1C2C=CC(C2)[C@H]1C(=O)O. The summed E-state index contributed by atoms with van der Waals surface area (Å²) in [5, 5.41) is 18.1. The van der Waals surface area contributed by atoms with Gasteiger partial charge in [0, 0.05) is 12.6 Å². The van der Waals surface area contributed by atoms with Gasteiger partial charge < -0.3 is 10.0 Å². The molecule has 1 amide bonds. The Labute approximate surface area is 118 Å². The minimum atomic E-state index is -0.885. The number of hydrogen-bond acceptors (Lipinski definition) is 3. The van der Waals surface area contributed by atoms with Gasteiger partial charge in [0.15, 0.2) is 0 Å². The Balaban J connectivity index is 2.20. The van der Waals surface area contributed by atoms with E-state index in [0.717, 1.165) is 6.42 Å². The number of carboxylic acids is 1. The molecule has 5 nitrogen and oxygen atoms in total. The van der Waals surface area contributed by atoms with Crippen LogP contribution in [0, 0.1) is 35.0 Å². The third-order valence-electron chi connectivity index (χ3n) is 4.40. The van der Waals surface area contributed by atoms with Crippen LogP contribution in [0.1, 0.15) is 26.7 Å². The molecule has 0 aromatic rings. The number of rotatable bonds is 5. The second kappa shape index (κ2) is 5.66. The van der Waals surface area contributed by atoms with Crippen molar-refractivity contribution in [2.45, 2.75) is 32.7 Å². The number of hydrogen-bond donors (Lipinski definition) is 1. The normalized spacial score (nSPS) is 30.5. The number of carbonyl (C=O) groups is 2. The summed E-state index contributed by atoms with van der Waals surface area (Å²) in [6, 6.07) is 2.02. The quantitative estimate of drug-likeness (QED) is 0.774. The summed E-state index contributed by atoms with van der Waals surface area (Å²) < 4.78 is 0. The molecule has 2 aliphatic rings. The summed E-state index contributed by atoms with van der Waals surface area (Å²) in [6.07, 6.45) is 4.95. The lowest BCUT2D eigenvalue weighted by molar-refractivity contribution is -0.151. The van der Waals surface area contributed by atoms with Gasteiger partial charge in [-0.1, -0.05) is 12.2 Å². The molecule has 0 saturated heterocycles. The molecule has 0 aliphatic heterocycles. The summed E-state index contributed by atoms with van der Waals surface area (Å²) in [7, 11) is 0. The minimum absolute atomic E-state index is 0.0172. The predicted octanol–water partition coefficient (Wildman–Crippen LogP) is 1.66. The topological polar surface area (TPSA) is 81.4 Å². The van der Waals surface area contributed by atoms with Gasteiger partial charge in [0.1, 0.15) is 0 Å².